The van der Waals surface area contributed by atoms with Crippen LogP contribution in [0.1, 0.15) is 0 Å². The Labute approximate surface area is 102 Å². The summed E-state index contributed by atoms with van der Waals surface area (Å²) in [6.45, 7) is 0. The van der Waals surface area contributed by atoms with Crippen molar-refractivity contribution in [2.75, 3.05) is 0 Å². The van der Waals surface area contributed by atoms with E-state index >= 15 is 0 Å². The summed E-state index contributed by atoms with van der Waals surface area (Å²) >= 11 is 8.20. The standard InChI is InChI=1S/C8H2N4S3/c9-1-5(13)7(3-11)15-8(4-12)6(14)2-10/h13-14H. The molecule has 0 aromatic rings. The fourth-order valence-corrected chi connectivity index (χ4v) is 1.41. The Balaban J connectivity index is 5.27. The van der Waals surface area contributed by atoms with Crippen LogP contribution in [0, 0.1) is 45.3 Å². The summed E-state index contributed by atoms with van der Waals surface area (Å²) in [6, 6.07) is 6.75. The molecular weight excluding hydrogens is 248 g/mol. The van der Waals surface area contributed by atoms with Crippen LogP contribution in [-0.4, -0.2) is 0 Å². The molecule has 72 valence electrons. The number of rotatable bonds is 2. The molecule has 7 heteroatoms. The van der Waals surface area contributed by atoms with Crippen LogP contribution >= 0.6 is 37.0 Å². The molecule has 0 aliphatic heterocycles. The van der Waals surface area contributed by atoms with Gasteiger partial charge in [-0.2, -0.15) is 21.0 Å². The quantitative estimate of drug-likeness (QED) is 0.578. The van der Waals surface area contributed by atoms with Crippen LogP contribution in [0.5, 0.6) is 0 Å². The van der Waals surface area contributed by atoms with Crippen molar-refractivity contribution >= 4 is 37.0 Å². The van der Waals surface area contributed by atoms with Gasteiger partial charge in [-0.05, 0) is 0 Å². The fraction of sp³-hybridized carbons (Fsp3) is 0. The maximum atomic E-state index is 8.66. The monoisotopic (exact) mass is 250 g/mol. The van der Waals surface area contributed by atoms with E-state index in [9.17, 15) is 0 Å². The highest BCUT2D eigenvalue weighted by molar-refractivity contribution is 8.08. The molecule has 0 atom stereocenters. The van der Waals surface area contributed by atoms with Crippen molar-refractivity contribution in [3.8, 4) is 24.3 Å². The van der Waals surface area contributed by atoms with Crippen LogP contribution in [0.4, 0.5) is 0 Å². The van der Waals surface area contributed by atoms with E-state index < -0.39 is 0 Å². The van der Waals surface area contributed by atoms with Crippen molar-refractivity contribution < 1.29 is 0 Å². The Hall–Kier alpha value is -1.51. The lowest BCUT2D eigenvalue weighted by Crippen LogP contribution is -1.81. The second-order valence-corrected chi connectivity index (χ2v) is 3.82. The van der Waals surface area contributed by atoms with Gasteiger partial charge in [-0.3, -0.25) is 0 Å². The minimum absolute atomic E-state index is 0.0424. The molecule has 0 aliphatic carbocycles. The largest absolute Gasteiger partial charge is 0.192 e. The highest BCUT2D eigenvalue weighted by Crippen LogP contribution is 2.31. The number of nitriles is 4. The van der Waals surface area contributed by atoms with Gasteiger partial charge >= 0.3 is 0 Å². The molecule has 15 heavy (non-hydrogen) atoms. The second-order valence-electron chi connectivity index (χ2n) is 1.90. The lowest BCUT2D eigenvalue weighted by atomic mass is 10.5. The van der Waals surface area contributed by atoms with E-state index in [-0.39, 0.29) is 19.6 Å². The number of thioether (sulfide) groups is 1. The van der Waals surface area contributed by atoms with Crippen molar-refractivity contribution in [3.63, 3.8) is 0 Å². The molecule has 0 amide bonds. The third-order valence-corrected chi connectivity index (χ3v) is 3.00. The molecule has 0 fully saturated rings. The highest BCUT2D eigenvalue weighted by atomic mass is 32.2. The maximum Gasteiger partial charge on any atom is 0.114 e. The summed E-state index contributed by atoms with van der Waals surface area (Å²) in [4.78, 5) is -0.290. The minimum Gasteiger partial charge on any atom is -0.192 e. The van der Waals surface area contributed by atoms with E-state index in [1.54, 1.807) is 24.3 Å². The van der Waals surface area contributed by atoms with E-state index in [1.807, 2.05) is 0 Å². The molecule has 0 aliphatic rings. The van der Waals surface area contributed by atoms with Crippen LogP contribution in [-0.2, 0) is 0 Å². The average molecular weight is 250 g/mol. The van der Waals surface area contributed by atoms with E-state index in [0.29, 0.717) is 11.8 Å². The molecule has 0 radical (unpaired) electrons. The van der Waals surface area contributed by atoms with Crippen molar-refractivity contribution in [1.29, 1.82) is 21.0 Å². The third-order valence-electron chi connectivity index (χ3n) is 1.05. The summed E-state index contributed by atoms with van der Waals surface area (Å²) < 4.78 is 0. The predicted molar refractivity (Wildman–Crippen MR) is 62.1 cm³/mol. The van der Waals surface area contributed by atoms with Crippen molar-refractivity contribution in [3.05, 3.63) is 19.6 Å². The number of allylic oxidation sites excluding steroid dienone is 4. The average Bonchev–Trinajstić information content (AvgIpc) is 2.28. The van der Waals surface area contributed by atoms with E-state index in [1.165, 1.54) is 0 Å². The van der Waals surface area contributed by atoms with Crippen LogP contribution in [0.3, 0.4) is 0 Å². The topological polar surface area (TPSA) is 95.2 Å². The summed E-state index contributed by atoms with van der Waals surface area (Å²) in [6.07, 6.45) is 0. The van der Waals surface area contributed by atoms with Crippen molar-refractivity contribution in [2.24, 2.45) is 0 Å². The van der Waals surface area contributed by atoms with Crippen LogP contribution in [0.15, 0.2) is 19.6 Å². The first-order valence-electron chi connectivity index (χ1n) is 3.25. The summed E-state index contributed by atoms with van der Waals surface area (Å²) in [5.74, 6) is 0. The summed E-state index contributed by atoms with van der Waals surface area (Å²) in [5, 5.41) is 34.3. The smallest absolute Gasteiger partial charge is 0.114 e. The second kappa shape index (κ2) is 6.87. The Morgan fingerprint density at radius 2 is 1.07 bits per heavy atom. The molecule has 0 saturated carbocycles. The van der Waals surface area contributed by atoms with Crippen LogP contribution < -0.4 is 0 Å². The van der Waals surface area contributed by atoms with Gasteiger partial charge in [0.25, 0.3) is 0 Å². The van der Waals surface area contributed by atoms with Gasteiger partial charge in [0.1, 0.15) is 43.9 Å². The van der Waals surface area contributed by atoms with Gasteiger partial charge in [0.05, 0.1) is 0 Å². The van der Waals surface area contributed by atoms with E-state index in [4.69, 9.17) is 21.0 Å². The number of thiol groups is 2. The highest BCUT2D eigenvalue weighted by Gasteiger charge is 2.10. The van der Waals surface area contributed by atoms with Crippen LogP contribution in [0.25, 0.3) is 0 Å². The number of hydrogen-bond donors (Lipinski definition) is 2. The molecule has 0 N–H and O–H groups in total. The number of hydrogen-bond acceptors (Lipinski definition) is 7. The summed E-state index contributed by atoms with van der Waals surface area (Å²) in [5.41, 5.74) is 0. The molecule has 0 rings (SSSR count). The zero-order valence-corrected chi connectivity index (χ0v) is 9.70. The SMILES string of the molecule is N#CC(S)=C(C#N)SC(C#N)=C(S)C#N. The van der Waals surface area contributed by atoms with Gasteiger partial charge in [-0.1, -0.05) is 11.8 Å². The van der Waals surface area contributed by atoms with Gasteiger partial charge in [0, 0.05) is 0 Å². The molecule has 0 saturated heterocycles. The van der Waals surface area contributed by atoms with Gasteiger partial charge < -0.3 is 0 Å². The molecule has 0 spiro atoms. The molecule has 0 aromatic carbocycles. The Morgan fingerprint density at radius 1 is 0.733 bits per heavy atom. The first-order valence-corrected chi connectivity index (χ1v) is 4.96. The molecule has 4 nitrogen and oxygen atoms in total. The van der Waals surface area contributed by atoms with Gasteiger partial charge in [0.15, 0.2) is 0 Å². The Bertz CT molecular complexity index is 444. The first-order chi connectivity index (χ1) is 7.10. The normalized spacial score (nSPS) is 12.1. The lowest BCUT2D eigenvalue weighted by Gasteiger charge is -1.97. The molecule has 0 bridgehead atoms. The maximum absolute atomic E-state index is 8.66. The lowest BCUT2D eigenvalue weighted by molar-refractivity contribution is 1.50. The van der Waals surface area contributed by atoms with Crippen molar-refractivity contribution in [1.82, 2.24) is 0 Å². The molecule has 0 heterocycles. The Kier molecular flexibility index (Phi) is 6.18. The first kappa shape index (κ1) is 13.5. The molecular formula is C8H2N4S3. The van der Waals surface area contributed by atoms with E-state index in [0.717, 1.165) is 0 Å². The van der Waals surface area contributed by atoms with E-state index in [2.05, 4.69) is 25.3 Å². The molecule has 0 unspecified atom stereocenters. The summed E-state index contributed by atoms with van der Waals surface area (Å²) in [7, 11) is 0. The minimum atomic E-state index is -0.102. The fourth-order valence-electron chi connectivity index (χ4n) is 0.452. The zero-order chi connectivity index (χ0) is 11.8. The van der Waals surface area contributed by atoms with Crippen molar-refractivity contribution in [2.45, 2.75) is 0 Å². The third kappa shape index (κ3) is 4.02. The number of nitrogens with zero attached hydrogens (tertiary/aromatic N) is 4. The van der Waals surface area contributed by atoms with Gasteiger partial charge in [-0.15, -0.1) is 25.3 Å². The zero-order valence-electron chi connectivity index (χ0n) is 7.09. The van der Waals surface area contributed by atoms with Gasteiger partial charge in [-0.25, -0.2) is 0 Å². The van der Waals surface area contributed by atoms with Gasteiger partial charge in [0.2, 0.25) is 0 Å². The predicted octanol–water partition coefficient (Wildman–Crippen LogP) is 2.10. The Morgan fingerprint density at radius 3 is 1.27 bits per heavy atom. The molecule has 0 aromatic heterocycles. The van der Waals surface area contributed by atoms with Crippen LogP contribution in [0.2, 0.25) is 0 Å².